The van der Waals surface area contributed by atoms with Gasteiger partial charge >= 0.3 is 0 Å². The van der Waals surface area contributed by atoms with E-state index >= 15 is 0 Å². The van der Waals surface area contributed by atoms with E-state index in [-0.39, 0.29) is 16.2 Å². The van der Waals surface area contributed by atoms with Crippen LogP contribution in [0, 0.1) is 23.7 Å². The summed E-state index contributed by atoms with van der Waals surface area (Å²) in [5, 5.41) is 0. The van der Waals surface area contributed by atoms with Crippen molar-refractivity contribution < 1.29 is 0 Å². The standard InChI is InChI=1S/C54H53N/c1-52(2)27-28-53(3,4)49-34-42(25-26-47(49)52)55(50-20-11-9-15-43(50)37-13-6-5-7-14-37)41-23-21-38(22-24-41)44-17-12-19-48-51(44)45-16-8-10-18-46(45)54(48)39-30-35-29-36(32-39)33-40(54)31-35/h5-26,34-36,39-40H,27-33H2,1-4H3. The van der Waals surface area contributed by atoms with Crippen LogP contribution in [0.15, 0.2) is 140 Å². The number of fused-ring (bicyclic) bond motifs is 4. The van der Waals surface area contributed by atoms with E-state index in [1.165, 1.54) is 107 Å². The Labute approximate surface area is 328 Å². The summed E-state index contributed by atoms with van der Waals surface area (Å²) in [6.45, 7) is 9.72. The van der Waals surface area contributed by atoms with Crippen molar-refractivity contribution in [1.82, 2.24) is 0 Å². The van der Waals surface area contributed by atoms with Crippen LogP contribution in [0.25, 0.3) is 33.4 Å². The SMILES string of the molecule is CC1(C)CCC(C)(C)c2cc(N(c3ccc(-c4cccc5c4-c4ccccc4C54C5CC6CC(C5)CC4C6)cc3)c3ccccc3-c3ccccc3)ccc21. The molecule has 6 aromatic carbocycles. The molecule has 6 aromatic rings. The van der Waals surface area contributed by atoms with E-state index in [9.17, 15) is 0 Å². The Balaban J connectivity index is 1.06. The molecule has 1 nitrogen and oxygen atoms in total. The fourth-order valence-corrected chi connectivity index (χ4v) is 12.9. The molecular weight excluding hydrogens is 663 g/mol. The van der Waals surface area contributed by atoms with Crippen LogP contribution in [0.5, 0.6) is 0 Å². The van der Waals surface area contributed by atoms with Gasteiger partial charge in [0.25, 0.3) is 0 Å². The van der Waals surface area contributed by atoms with E-state index in [0.717, 1.165) is 23.7 Å². The Kier molecular flexibility index (Phi) is 7.34. The van der Waals surface area contributed by atoms with Crippen molar-refractivity contribution in [2.24, 2.45) is 23.7 Å². The summed E-state index contributed by atoms with van der Waals surface area (Å²) in [4.78, 5) is 2.51. The largest absolute Gasteiger partial charge is 0.310 e. The van der Waals surface area contributed by atoms with Crippen molar-refractivity contribution in [3.8, 4) is 33.4 Å². The Morgan fingerprint density at radius 2 is 1.00 bits per heavy atom. The summed E-state index contributed by atoms with van der Waals surface area (Å²) in [7, 11) is 0. The van der Waals surface area contributed by atoms with Crippen LogP contribution in [-0.4, -0.2) is 0 Å². The van der Waals surface area contributed by atoms with Crippen molar-refractivity contribution in [2.75, 3.05) is 4.90 Å². The minimum Gasteiger partial charge on any atom is -0.310 e. The van der Waals surface area contributed by atoms with Gasteiger partial charge in [-0.2, -0.15) is 0 Å². The highest BCUT2D eigenvalue weighted by atomic mass is 15.1. The second kappa shape index (κ2) is 12.1. The first-order valence-corrected chi connectivity index (χ1v) is 21.2. The lowest BCUT2D eigenvalue weighted by molar-refractivity contribution is -0.0399. The van der Waals surface area contributed by atoms with Gasteiger partial charge in [0, 0.05) is 22.4 Å². The highest BCUT2D eigenvalue weighted by Crippen LogP contribution is 2.70. The predicted octanol–water partition coefficient (Wildman–Crippen LogP) is 14.6. The monoisotopic (exact) mass is 715 g/mol. The molecule has 0 unspecified atom stereocenters. The molecule has 1 heteroatoms. The molecule has 4 bridgehead atoms. The van der Waals surface area contributed by atoms with Crippen LogP contribution in [0.3, 0.4) is 0 Å². The summed E-state index contributed by atoms with van der Waals surface area (Å²) < 4.78 is 0. The highest BCUT2D eigenvalue weighted by molar-refractivity contribution is 5.94. The lowest BCUT2D eigenvalue weighted by Gasteiger charge is -2.61. The third-order valence-electron chi connectivity index (χ3n) is 15.3. The van der Waals surface area contributed by atoms with Gasteiger partial charge in [-0.3, -0.25) is 0 Å². The molecule has 1 spiro atoms. The van der Waals surface area contributed by atoms with E-state index in [1.807, 2.05) is 0 Å². The van der Waals surface area contributed by atoms with Gasteiger partial charge in [-0.05, 0) is 160 Å². The molecule has 0 aromatic heterocycles. The minimum absolute atomic E-state index is 0.119. The lowest BCUT2D eigenvalue weighted by Crippen LogP contribution is -2.55. The molecule has 0 amide bonds. The maximum atomic E-state index is 2.52. The average molecular weight is 716 g/mol. The van der Waals surface area contributed by atoms with Gasteiger partial charge in [-0.25, -0.2) is 0 Å². The third kappa shape index (κ3) is 4.90. The van der Waals surface area contributed by atoms with Gasteiger partial charge in [-0.15, -0.1) is 0 Å². The first kappa shape index (κ1) is 33.5. The number of para-hydroxylation sites is 1. The fraction of sp³-hybridized carbons (Fsp3) is 0.333. The Hall–Kier alpha value is -4.88. The maximum absolute atomic E-state index is 2.52. The van der Waals surface area contributed by atoms with Crippen LogP contribution in [-0.2, 0) is 16.2 Å². The van der Waals surface area contributed by atoms with Crippen LogP contribution < -0.4 is 4.90 Å². The first-order valence-electron chi connectivity index (χ1n) is 21.2. The second-order valence-electron chi connectivity index (χ2n) is 19.2. The van der Waals surface area contributed by atoms with E-state index < -0.39 is 0 Å². The Morgan fingerprint density at radius 3 is 1.73 bits per heavy atom. The molecule has 0 saturated heterocycles. The van der Waals surface area contributed by atoms with Crippen molar-refractivity contribution in [2.45, 2.75) is 88.9 Å². The molecule has 0 aliphatic heterocycles. The maximum Gasteiger partial charge on any atom is 0.0540 e. The predicted molar refractivity (Wildman–Crippen MR) is 231 cm³/mol. The quantitative estimate of drug-likeness (QED) is 0.172. The number of hydrogen-bond donors (Lipinski definition) is 0. The zero-order chi connectivity index (χ0) is 37.1. The lowest BCUT2D eigenvalue weighted by atomic mass is 9.43. The third-order valence-corrected chi connectivity index (χ3v) is 15.3. The van der Waals surface area contributed by atoms with E-state index in [4.69, 9.17) is 0 Å². The normalized spacial score (nSPS) is 26.0. The van der Waals surface area contributed by atoms with Gasteiger partial charge in [0.05, 0.1) is 5.69 Å². The Bertz CT molecular complexity index is 2420. The van der Waals surface area contributed by atoms with Gasteiger partial charge in [-0.1, -0.05) is 137 Å². The van der Waals surface area contributed by atoms with Crippen LogP contribution >= 0.6 is 0 Å². The molecule has 12 rings (SSSR count). The number of hydrogen-bond acceptors (Lipinski definition) is 1. The minimum atomic E-state index is 0.119. The molecule has 0 atom stereocenters. The average Bonchev–Trinajstić information content (AvgIpc) is 3.50. The van der Waals surface area contributed by atoms with Gasteiger partial charge in [0.1, 0.15) is 0 Å². The molecule has 0 N–H and O–H groups in total. The molecule has 4 saturated carbocycles. The molecule has 6 aliphatic rings. The molecule has 6 aliphatic carbocycles. The molecule has 0 heterocycles. The molecule has 0 radical (unpaired) electrons. The summed E-state index contributed by atoms with van der Waals surface area (Å²) in [6.07, 6.45) is 9.55. The zero-order valence-corrected chi connectivity index (χ0v) is 33.0. The van der Waals surface area contributed by atoms with Crippen molar-refractivity contribution in [3.63, 3.8) is 0 Å². The molecular formula is C54H53N. The summed E-state index contributed by atoms with van der Waals surface area (Å²) in [5.41, 5.74) is 18.5. The fourth-order valence-electron chi connectivity index (χ4n) is 12.9. The van der Waals surface area contributed by atoms with Crippen LogP contribution in [0.1, 0.15) is 94.9 Å². The van der Waals surface area contributed by atoms with Crippen molar-refractivity contribution in [1.29, 1.82) is 0 Å². The second-order valence-corrected chi connectivity index (χ2v) is 19.2. The smallest absolute Gasteiger partial charge is 0.0540 e. The van der Waals surface area contributed by atoms with Gasteiger partial charge < -0.3 is 4.90 Å². The van der Waals surface area contributed by atoms with E-state index in [0.29, 0.717) is 0 Å². The van der Waals surface area contributed by atoms with Crippen LogP contribution in [0.2, 0.25) is 0 Å². The van der Waals surface area contributed by atoms with E-state index in [2.05, 4.69) is 172 Å². The molecule has 4 fully saturated rings. The molecule has 55 heavy (non-hydrogen) atoms. The summed E-state index contributed by atoms with van der Waals surface area (Å²) in [5.74, 6) is 3.44. The van der Waals surface area contributed by atoms with Crippen molar-refractivity contribution in [3.05, 3.63) is 162 Å². The zero-order valence-electron chi connectivity index (χ0n) is 33.0. The Morgan fingerprint density at radius 1 is 0.436 bits per heavy atom. The number of anilines is 3. The number of benzene rings is 6. The van der Waals surface area contributed by atoms with Gasteiger partial charge in [0.15, 0.2) is 0 Å². The molecule has 274 valence electrons. The summed E-state index contributed by atoms with van der Waals surface area (Å²) in [6, 6.07) is 53.6. The van der Waals surface area contributed by atoms with Gasteiger partial charge in [0.2, 0.25) is 0 Å². The highest BCUT2D eigenvalue weighted by Gasteiger charge is 2.61. The van der Waals surface area contributed by atoms with Crippen LogP contribution in [0.4, 0.5) is 17.1 Å². The van der Waals surface area contributed by atoms with E-state index in [1.54, 1.807) is 11.1 Å². The first-order chi connectivity index (χ1) is 26.7. The number of rotatable bonds is 5. The number of nitrogens with zero attached hydrogens (tertiary/aromatic N) is 1. The topological polar surface area (TPSA) is 3.24 Å². The summed E-state index contributed by atoms with van der Waals surface area (Å²) >= 11 is 0. The van der Waals surface area contributed by atoms with Crippen molar-refractivity contribution >= 4 is 17.1 Å².